The zero-order valence-corrected chi connectivity index (χ0v) is 16.5. The average molecular weight is 392 g/mol. The standard InChI is InChI=1S/C21H20N4O2S/c1-15-23-25-20(26)12-17(22-21(25)28-15)14-24(13-16-6-4-3-5-7-16)18-8-10-19(27-2)11-9-18/h3-12H,13-14H2,1-2H3. The number of benzene rings is 2. The highest BCUT2D eigenvalue weighted by molar-refractivity contribution is 7.16. The van der Waals surface area contributed by atoms with Crippen LogP contribution in [0.15, 0.2) is 65.5 Å². The molecule has 4 rings (SSSR count). The molecule has 0 aliphatic heterocycles. The highest BCUT2D eigenvalue weighted by Crippen LogP contribution is 2.23. The van der Waals surface area contributed by atoms with Crippen molar-refractivity contribution in [2.45, 2.75) is 20.0 Å². The average Bonchev–Trinajstić information content (AvgIpc) is 3.09. The molecule has 0 fully saturated rings. The van der Waals surface area contributed by atoms with Gasteiger partial charge in [-0.3, -0.25) is 4.79 Å². The Kier molecular flexibility index (Phi) is 5.08. The van der Waals surface area contributed by atoms with Crippen LogP contribution in [0.1, 0.15) is 16.3 Å². The Hall–Kier alpha value is -3.19. The second-order valence-electron chi connectivity index (χ2n) is 6.44. The minimum atomic E-state index is -0.154. The van der Waals surface area contributed by atoms with E-state index in [1.54, 1.807) is 13.2 Å². The molecule has 6 nitrogen and oxygen atoms in total. The van der Waals surface area contributed by atoms with E-state index in [1.165, 1.54) is 21.4 Å². The summed E-state index contributed by atoms with van der Waals surface area (Å²) in [5.41, 5.74) is 2.79. The molecule has 0 amide bonds. The van der Waals surface area contributed by atoms with Gasteiger partial charge < -0.3 is 9.64 Å². The van der Waals surface area contributed by atoms with Crippen molar-refractivity contribution in [2.75, 3.05) is 12.0 Å². The summed E-state index contributed by atoms with van der Waals surface area (Å²) in [5.74, 6) is 0.807. The number of aromatic nitrogens is 3. The van der Waals surface area contributed by atoms with Gasteiger partial charge in [0.25, 0.3) is 5.56 Å². The normalized spacial score (nSPS) is 10.9. The molecule has 0 radical (unpaired) electrons. The molecule has 2 aromatic heterocycles. The van der Waals surface area contributed by atoms with Crippen LogP contribution in [0.5, 0.6) is 5.75 Å². The first-order chi connectivity index (χ1) is 13.6. The van der Waals surface area contributed by atoms with E-state index in [0.717, 1.165) is 22.1 Å². The molecule has 0 bridgehead atoms. The number of aryl methyl sites for hydroxylation is 1. The van der Waals surface area contributed by atoms with Crippen molar-refractivity contribution in [1.29, 1.82) is 0 Å². The molecule has 0 aliphatic carbocycles. The van der Waals surface area contributed by atoms with Crippen LogP contribution in [0.2, 0.25) is 0 Å². The van der Waals surface area contributed by atoms with Gasteiger partial charge in [-0.05, 0) is 36.8 Å². The third kappa shape index (κ3) is 3.89. The summed E-state index contributed by atoms with van der Waals surface area (Å²) < 4.78 is 6.63. The zero-order valence-electron chi connectivity index (χ0n) is 15.7. The molecule has 7 heteroatoms. The number of anilines is 1. The molecule has 2 aromatic carbocycles. The summed E-state index contributed by atoms with van der Waals surface area (Å²) in [6.45, 7) is 3.09. The molecule has 28 heavy (non-hydrogen) atoms. The van der Waals surface area contributed by atoms with Gasteiger partial charge >= 0.3 is 0 Å². The molecule has 0 saturated carbocycles. The van der Waals surface area contributed by atoms with Crippen LogP contribution < -0.4 is 15.2 Å². The first kappa shape index (κ1) is 18.2. The maximum Gasteiger partial charge on any atom is 0.275 e. The Morgan fingerprint density at radius 2 is 1.82 bits per heavy atom. The number of hydrogen-bond donors (Lipinski definition) is 0. The number of nitrogens with zero attached hydrogens (tertiary/aromatic N) is 4. The number of fused-ring (bicyclic) bond motifs is 1. The smallest absolute Gasteiger partial charge is 0.275 e. The Labute approximate surface area is 166 Å². The van der Waals surface area contributed by atoms with E-state index in [1.807, 2.05) is 49.4 Å². The van der Waals surface area contributed by atoms with Gasteiger partial charge in [0.05, 0.1) is 19.3 Å². The highest BCUT2D eigenvalue weighted by Gasteiger charge is 2.13. The van der Waals surface area contributed by atoms with E-state index in [4.69, 9.17) is 4.74 Å². The van der Waals surface area contributed by atoms with E-state index in [9.17, 15) is 4.79 Å². The van der Waals surface area contributed by atoms with Crippen molar-refractivity contribution < 1.29 is 4.74 Å². The fourth-order valence-electron chi connectivity index (χ4n) is 3.06. The lowest BCUT2D eigenvalue weighted by molar-refractivity contribution is 0.415. The monoisotopic (exact) mass is 392 g/mol. The van der Waals surface area contributed by atoms with Crippen molar-refractivity contribution in [1.82, 2.24) is 14.6 Å². The van der Waals surface area contributed by atoms with Gasteiger partial charge in [0.2, 0.25) is 4.96 Å². The van der Waals surface area contributed by atoms with Gasteiger partial charge in [-0.15, -0.1) is 0 Å². The Balaban J connectivity index is 1.69. The number of rotatable bonds is 6. The van der Waals surface area contributed by atoms with Crippen molar-refractivity contribution in [3.05, 3.63) is 87.3 Å². The third-order valence-electron chi connectivity index (χ3n) is 4.41. The van der Waals surface area contributed by atoms with Crippen molar-refractivity contribution in [3.8, 4) is 5.75 Å². The molecular formula is C21H20N4O2S. The minimum absolute atomic E-state index is 0.154. The molecule has 0 saturated heterocycles. The van der Waals surface area contributed by atoms with E-state index in [0.29, 0.717) is 18.1 Å². The van der Waals surface area contributed by atoms with Gasteiger partial charge in [-0.1, -0.05) is 41.7 Å². The van der Waals surface area contributed by atoms with Crippen LogP contribution in [0.25, 0.3) is 4.96 Å². The lowest BCUT2D eigenvalue weighted by Crippen LogP contribution is -2.25. The lowest BCUT2D eigenvalue weighted by atomic mass is 10.2. The number of ether oxygens (including phenoxy) is 1. The molecule has 4 aromatic rings. The molecule has 0 atom stereocenters. The highest BCUT2D eigenvalue weighted by atomic mass is 32.1. The molecule has 0 spiro atoms. The van der Waals surface area contributed by atoms with Crippen molar-refractivity contribution in [2.24, 2.45) is 0 Å². The fraction of sp³-hybridized carbons (Fsp3) is 0.190. The summed E-state index contributed by atoms with van der Waals surface area (Å²) in [4.78, 5) is 19.9. The van der Waals surface area contributed by atoms with Crippen LogP contribution in [-0.2, 0) is 13.1 Å². The van der Waals surface area contributed by atoms with Crippen molar-refractivity contribution >= 4 is 22.0 Å². The minimum Gasteiger partial charge on any atom is -0.497 e. The summed E-state index contributed by atoms with van der Waals surface area (Å²) in [6, 6.07) is 19.7. The Morgan fingerprint density at radius 1 is 1.07 bits per heavy atom. The van der Waals surface area contributed by atoms with E-state index < -0.39 is 0 Å². The molecule has 0 aliphatic rings. The summed E-state index contributed by atoms with van der Waals surface area (Å²) in [7, 11) is 1.65. The van der Waals surface area contributed by atoms with E-state index in [2.05, 4.69) is 27.1 Å². The summed E-state index contributed by atoms with van der Waals surface area (Å²) in [6.07, 6.45) is 0. The largest absolute Gasteiger partial charge is 0.497 e. The quantitative estimate of drug-likeness (QED) is 0.501. The molecule has 0 unspecified atom stereocenters. The van der Waals surface area contributed by atoms with Gasteiger partial charge in [-0.2, -0.15) is 9.61 Å². The molecule has 0 N–H and O–H groups in total. The molecule has 2 heterocycles. The maximum atomic E-state index is 12.4. The van der Waals surface area contributed by atoms with E-state index >= 15 is 0 Å². The van der Waals surface area contributed by atoms with E-state index in [-0.39, 0.29) is 5.56 Å². The van der Waals surface area contributed by atoms with Crippen LogP contribution in [0.4, 0.5) is 5.69 Å². The van der Waals surface area contributed by atoms with Gasteiger partial charge in [0, 0.05) is 18.3 Å². The SMILES string of the molecule is COc1ccc(N(Cc2ccccc2)Cc2cc(=O)n3nc(C)sc3n2)cc1. The first-order valence-electron chi connectivity index (χ1n) is 8.92. The first-order valence-corrected chi connectivity index (χ1v) is 9.73. The van der Waals surface area contributed by atoms with Crippen LogP contribution in [-0.4, -0.2) is 21.7 Å². The molecular weight excluding hydrogens is 372 g/mol. The van der Waals surface area contributed by atoms with Crippen LogP contribution in [0, 0.1) is 6.92 Å². The second-order valence-corrected chi connectivity index (χ2v) is 7.60. The third-order valence-corrected chi connectivity index (χ3v) is 5.23. The fourth-order valence-corrected chi connectivity index (χ4v) is 3.83. The lowest BCUT2D eigenvalue weighted by Gasteiger charge is -2.25. The molecule has 142 valence electrons. The van der Waals surface area contributed by atoms with Crippen LogP contribution in [0.3, 0.4) is 0 Å². The van der Waals surface area contributed by atoms with Gasteiger partial charge in [-0.25, -0.2) is 4.98 Å². The number of methoxy groups -OCH3 is 1. The number of hydrogen-bond acceptors (Lipinski definition) is 6. The van der Waals surface area contributed by atoms with Gasteiger partial charge in [0.1, 0.15) is 10.8 Å². The summed E-state index contributed by atoms with van der Waals surface area (Å²) in [5, 5.41) is 5.03. The zero-order chi connectivity index (χ0) is 19.5. The second kappa shape index (κ2) is 7.82. The summed E-state index contributed by atoms with van der Waals surface area (Å²) >= 11 is 1.42. The Morgan fingerprint density at radius 3 is 2.54 bits per heavy atom. The Bertz CT molecular complexity index is 1140. The van der Waals surface area contributed by atoms with Gasteiger partial charge in [0.15, 0.2) is 0 Å². The maximum absolute atomic E-state index is 12.4. The predicted molar refractivity (Wildman–Crippen MR) is 111 cm³/mol. The predicted octanol–water partition coefficient (Wildman–Crippen LogP) is 3.67. The topological polar surface area (TPSA) is 59.7 Å². The van der Waals surface area contributed by atoms with Crippen LogP contribution >= 0.6 is 11.3 Å². The van der Waals surface area contributed by atoms with Crippen molar-refractivity contribution in [3.63, 3.8) is 0 Å².